The molecule has 1 saturated carbocycles. The van der Waals surface area contributed by atoms with Crippen molar-refractivity contribution in [1.82, 2.24) is 10.6 Å². The fourth-order valence-electron chi connectivity index (χ4n) is 2.33. The van der Waals surface area contributed by atoms with Gasteiger partial charge in [0, 0.05) is 17.5 Å². The zero-order valence-corrected chi connectivity index (χ0v) is 12.4. The monoisotopic (exact) mass is 296 g/mol. The third-order valence-electron chi connectivity index (χ3n) is 3.40. The van der Waals surface area contributed by atoms with Gasteiger partial charge >= 0.3 is 12.0 Å². The lowest BCUT2D eigenvalue weighted by molar-refractivity contribution is 0.0606. The fourth-order valence-corrected chi connectivity index (χ4v) is 3.25. The molecule has 1 aliphatic rings. The Morgan fingerprint density at radius 1 is 1.35 bits per heavy atom. The number of carbonyl (C=O) groups excluding carboxylic acids is 2. The van der Waals surface area contributed by atoms with Crippen molar-refractivity contribution >= 4 is 23.3 Å². The summed E-state index contributed by atoms with van der Waals surface area (Å²) in [4.78, 5) is 24.6. The number of amides is 2. The SMILES string of the molecule is COC(=O)c1ccc(CCNC(=O)NC2CCCC2)s1. The maximum absolute atomic E-state index is 11.7. The van der Waals surface area contributed by atoms with E-state index in [0.29, 0.717) is 17.5 Å². The Hall–Kier alpha value is -1.56. The van der Waals surface area contributed by atoms with Gasteiger partial charge in [-0.2, -0.15) is 0 Å². The average molecular weight is 296 g/mol. The van der Waals surface area contributed by atoms with E-state index < -0.39 is 0 Å². The number of nitrogens with one attached hydrogen (secondary N) is 2. The van der Waals surface area contributed by atoms with Gasteiger partial charge in [-0.25, -0.2) is 9.59 Å². The van der Waals surface area contributed by atoms with E-state index in [4.69, 9.17) is 0 Å². The van der Waals surface area contributed by atoms with Gasteiger partial charge in [-0.15, -0.1) is 11.3 Å². The zero-order chi connectivity index (χ0) is 14.4. The van der Waals surface area contributed by atoms with Crippen molar-refractivity contribution in [2.24, 2.45) is 0 Å². The maximum atomic E-state index is 11.7. The van der Waals surface area contributed by atoms with Crippen molar-refractivity contribution in [3.05, 3.63) is 21.9 Å². The van der Waals surface area contributed by atoms with Crippen LogP contribution >= 0.6 is 11.3 Å². The van der Waals surface area contributed by atoms with E-state index in [0.717, 1.165) is 24.1 Å². The second kappa shape index (κ2) is 7.28. The number of carbonyl (C=O) groups is 2. The highest BCUT2D eigenvalue weighted by Crippen LogP contribution is 2.18. The van der Waals surface area contributed by atoms with E-state index in [9.17, 15) is 9.59 Å². The van der Waals surface area contributed by atoms with Gasteiger partial charge in [-0.3, -0.25) is 0 Å². The van der Waals surface area contributed by atoms with Crippen LogP contribution in [0.25, 0.3) is 0 Å². The quantitative estimate of drug-likeness (QED) is 0.819. The second-order valence-corrected chi connectivity index (χ2v) is 6.06. The second-order valence-electron chi connectivity index (χ2n) is 4.89. The molecule has 1 aromatic heterocycles. The van der Waals surface area contributed by atoms with Crippen LogP contribution in [-0.4, -0.2) is 31.7 Å². The Morgan fingerprint density at radius 2 is 2.10 bits per heavy atom. The van der Waals surface area contributed by atoms with Crippen molar-refractivity contribution in [2.75, 3.05) is 13.7 Å². The van der Waals surface area contributed by atoms with Crippen LogP contribution in [0.2, 0.25) is 0 Å². The summed E-state index contributed by atoms with van der Waals surface area (Å²) in [5.74, 6) is -0.312. The van der Waals surface area contributed by atoms with Crippen molar-refractivity contribution in [3.63, 3.8) is 0 Å². The van der Waals surface area contributed by atoms with E-state index in [1.807, 2.05) is 6.07 Å². The van der Waals surface area contributed by atoms with Crippen LogP contribution in [0.5, 0.6) is 0 Å². The fraction of sp³-hybridized carbons (Fsp3) is 0.571. The first-order chi connectivity index (χ1) is 9.69. The Kier molecular flexibility index (Phi) is 5.40. The molecule has 1 aromatic rings. The molecule has 2 N–H and O–H groups in total. The van der Waals surface area contributed by atoms with Crippen LogP contribution in [0.4, 0.5) is 4.79 Å². The minimum Gasteiger partial charge on any atom is -0.465 e. The summed E-state index contributed by atoms with van der Waals surface area (Å²) in [7, 11) is 1.37. The summed E-state index contributed by atoms with van der Waals surface area (Å²) in [6.45, 7) is 0.569. The van der Waals surface area contributed by atoms with Gasteiger partial charge in [0.05, 0.1) is 7.11 Å². The molecule has 1 heterocycles. The summed E-state index contributed by atoms with van der Waals surface area (Å²) in [6.07, 6.45) is 5.30. The van der Waals surface area contributed by atoms with Crippen molar-refractivity contribution in [2.45, 2.75) is 38.1 Å². The van der Waals surface area contributed by atoms with Gasteiger partial charge in [0.25, 0.3) is 0 Å². The highest BCUT2D eigenvalue weighted by Gasteiger charge is 2.16. The number of thiophene rings is 1. The molecule has 5 nitrogen and oxygen atoms in total. The van der Waals surface area contributed by atoms with Crippen LogP contribution in [-0.2, 0) is 11.2 Å². The number of urea groups is 1. The zero-order valence-electron chi connectivity index (χ0n) is 11.6. The summed E-state index contributed by atoms with van der Waals surface area (Å²) in [5, 5.41) is 5.83. The number of esters is 1. The molecule has 0 aliphatic heterocycles. The molecular weight excluding hydrogens is 276 g/mol. The molecule has 0 saturated heterocycles. The molecule has 0 radical (unpaired) electrons. The lowest BCUT2D eigenvalue weighted by Gasteiger charge is -2.12. The summed E-state index contributed by atoms with van der Waals surface area (Å²) >= 11 is 1.40. The minimum absolute atomic E-state index is 0.0957. The Balaban J connectivity index is 1.68. The predicted octanol–water partition coefficient (Wildman–Crippen LogP) is 2.32. The first kappa shape index (κ1) is 14.8. The van der Waals surface area contributed by atoms with E-state index in [1.165, 1.54) is 31.3 Å². The van der Waals surface area contributed by atoms with E-state index >= 15 is 0 Å². The largest absolute Gasteiger partial charge is 0.465 e. The normalized spacial score (nSPS) is 15.1. The molecule has 0 bridgehead atoms. The number of rotatable bonds is 5. The minimum atomic E-state index is -0.312. The van der Waals surface area contributed by atoms with Crippen LogP contribution in [0, 0.1) is 0 Å². The number of methoxy groups -OCH3 is 1. The lowest BCUT2D eigenvalue weighted by atomic mass is 10.2. The van der Waals surface area contributed by atoms with E-state index in [-0.39, 0.29) is 12.0 Å². The first-order valence-electron chi connectivity index (χ1n) is 6.90. The third-order valence-corrected chi connectivity index (χ3v) is 4.52. The van der Waals surface area contributed by atoms with Crippen LogP contribution in [0.1, 0.15) is 40.2 Å². The van der Waals surface area contributed by atoms with Crippen LogP contribution in [0.15, 0.2) is 12.1 Å². The molecular formula is C14H20N2O3S. The van der Waals surface area contributed by atoms with Gasteiger partial charge in [0.2, 0.25) is 0 Å². The van der Waals surface area contributed by atoms with Gasteiger partial charge in [0.1, 0.15) is 4.88 Å². The number of hydrogen-bond acceptors (Lipinski definition) is 4. The number of ether oxygens (including phenoxy) is 1. The highest BCUT2D eigenvalue weighted by molar-refractivity contribution is 7.13. The van der Waals surface area contributed by atoms with Crippen molar-refractivity contribution < 1.29 is 14.3 Å². The molecule has 2 rings (SSSR count). The van der Waals surface area contributed by atoms with E-state index in [2.05, 4.69) is 15.4 Å². The standard InChI is InChI=1S/C14H20N2O3S/c1-19-13(17)12-7-6-11(20-12)8-9-15-14(18)16-10-4-2-3-5-10/h6-7,10H,2-5,8-9H2,1H3,(H2,15,16,18). The molecule has 20 heavy (non-hydrogen) atoms. The molecule has 0 aromatic carbocycles. The van der Waals surface area contributed by atoms with Gasteiger partial charge in [-0.05, 0) is 31.4 Å². The maximum Gasteiger partial charge on any atom is 0.348 e. The first-order valence-corrected chi connectivity index (χ1v) is 7.72. The average Bonchev–Trinajstić information content (AvgIpc) is 3.09. The molecule has 0 spiro atoms. The smallest absolute Gasteiger partial charge is 0.348 e. The molecule has 110 valence electrons. The van der Waals surface area contributed by atoms with Gasteiger partial charge in [-0.1, -0.05) is 12.8 Å². The van der Waals surface area contributed by atoms with Gasteiger partial charge < -0.3 is 15.4 Å². The summed E-state index contributed by atoms with van der Waals surface area (Å²) in [6, 6.07) is 3.89. The topological polar surface area (TPSA) is 67.4 Å². The predicted molar refractivity (Wildman–Crippen MR) is 78.2 cm³/mol. The van der Waals surface area contributed by atoms with E-state index in [1.54, 1.807) is 6.07 Å². The third kappa shape index (κ3) is 4.23. The van der Waals surface area contributed by atoms with Crippen LogP contribution < -0.4 is 10.6 Å². The summed E-state index contributed by atoms with van der Waals surface area (Å²) < 4.78 is 4.66. The highest BCUT2D eigenvalue weighted by atomic mass is 32.1. The molecule has 1 aliphatic carbocycles. The van der Waals surface area contributed by atoms with Gasteiger partial charge in [0.15, 0.2) is 0 Å². The molecule has 0 unspecified atom stereocenters. The van der Waals surface area contributed by atoms with Crippen molar-refractivity contribution in [1.29, 1.82) is 0 Å². The molecule has 2 amide bonds. The Bertz CT molecular complexity index is 467. The number of hydrogen-bond donors (Lipinski definition) is 2. The summed E-state index contributed by atoms with van der Waals surface area (Å²) in [5.41, 5.74) is 0. The Morgan fingerprint density at radius 3 is 2.80 bits per heavy atom. The van der Waals surface area contributed by atoms with Crippen molar-refractivity contribution in [3.8, 4) is 0 Å². The molecule has 1 fully saturated rings. The molecule has 6 heteroatoms. The lowest BCUT2D eigenvalue weighted by Crippen LogP contribution is -2.41. The molecule has 0 atom stereocenters. The van der Waals surface area contributed by atoms with Crippen LogP contribution in [0.3, 0.4) is 0 Å². The Labute approximate surface area is 122 Å².